The fraction of sp³-hybridized carbons (Fsp3) is 0.524. The molecule has 0 unspecified atom stereocenters. The summed E-state index contributed by atoms with van der Waals surface area (Å²) in [4.78, 5) is 17.2. The third-order valence-electron chi connectivity index (χ3n) is 6.60. The maximum atomic E-state index is 12.5. The molecule has 0 radical (unpaired) electrons. The van der Waals surface area contributed by atoms with E-state index in [4.69, 9.17) is 14.5 Å². The number of methoxy groups -OCH3 is 1. The summed E-state index contributed by atoms with van der Waals surface area (Å²) in [5, 5.41) is 0. The van der Waals surface area contributed by atoms with Crippen LogP contribution in [0.5, 0.6) is 5.75 Å². The lowest BCUT2D eigenvalue weighted by molar-refractivity contribution is -0.131. The first-order valence-corrected chi connectivity index (χ1v) is 10.2. The lowest BCUT2D eigenvalue weighted by Gasteiger charge is -2.55. The average molecular weight is 416 g/mol. The predicted molar refractivity (Wildman–Crippen MR) is 103 cm³/mol. The first kappa shape index (κ1) is 16.5. The molecule has 1 aromatic rings. The Bertz CT molecular complexity index is 806. The zero-order valence-corrected chi connectivity index (χ0v) is 16.4. The summed E-state index contributed by atoms with van der Waals surface area (Å²) in [7, 11) is 1.63. The smallest absolute Gasteiger partial charge is 0.363 e. The van der Waals surface area contributed by atoms with Crippen molar-refractivity contribution in [2.45, 2.75) is 38.5 Å². The Labute approximate surface area is 161 Å². The van der Waals surface area contributed by atoms with E-state index in [1.165, 1.54) is 19.3 Å². The lowest BCUT2D eigenvalue weighted by Crippen LogP contribution is -2.50. The number of aliphatic imine (C=N–C) groups is 1. The summed E-state index contributed by atoms with van der Waals surface area (Å²) in [6, 6.07) is 5.72. The third-order valence-corrected chi connectivity index (χ3v) is 7.09. The van der Waals surface area contributed by atoms with Crippen molar-refractivity contribution in [2.75, 3.05) is 7.11 Å². The third kappa shape index (κ3) is 2.63. The molecule has 6 rings (SSSR count). The van der Waals surface area contributed by atoms with E-state index in [0.29, 0.717) is 17.3 Å². The summed E-state index contributed by atoms with van der Waals surface area (Å²) in [6.07, 6.45) is 9.27. The predicted octanol–water partition coefficient (Wildman–Crippen LogP) is 4.97. The molecule has 4 fully saturated rings. The Morgan fingerprint density at radius 2 is 1.85 bits per heavy atom. The van der Waals surface area contributed by atoms with Gasteiger partial charge in [-0.2, -0.15) is 0 Å². The maximum Gasteiger partial charge on any atom is 0.363 e. The second-order valence-electron chi connectivity index (χ2n) is 8.42. The first-order valence-electron chi connectivity index (χ1n) is 9.41. The molecule has 26 heavy (non-hydrogen) atoms. The monoisotopic (exact) mass is 415 g/mol. The van der Waals surface area contributed by atoms with Crippen LogP contribution in [-0.4, -0.2) is 19.0 Å². The van der Waals surface area contributed by atoms with Crippen LogP contribution in [0.3, 0.4) is 0 Å². The number of halogens is 1. The van der Waals surface area contributed by atoms with Crippen LogP contribution in [0.25, 0.3) is 6.08 Å². The molecule has 5 aliphatic rings. The summed E-state index contributed by atoms with van der Waals surface area (Å²) in [5.41, 5.74) is 1.21. The van der Waals surface area contributed by atoms with Crippen LogP contribution in [0.2, 0.25) is 0 Å². The molecular weight excluding hydrogens is 394 g/mol. The number of cyclic esters (lactones) is 1. The molecule has 4 saturated carbocycles. The normalized spacial score (nSPS) is 36.4. The van der Waals surface area contributed by atoms with Crippen molar-refractivity contribution in [1.82, 2.24) is 0 Å². The number of hydrogen-bond acceptors (Lipinski definition) is 4. The molecule has 0 spiro atoms. The number of rotatable bonds is 3. The Morgan fingerprint density at radius 3 is 2.46 bits per heavy atom. The van der Waals surface area contributed by atoms with Crippen molar-refractivity contribution in [3.63, 3.8) is 0 Å². The van der Waals surface area contributed by atoms with E-state index in [-0.39, 0.29) is 11.4 Å². The lowest BCUT2D eigenvalue weighted by atomic mass is 9.49. The van der Waals surface area contributed by atoms with Crippen LogP contribution >= 0.6 is 15.9 Å². The Hall–Kier alpha value is -1.62. The Balaban J connectivity index is 1.50. The van der Waals surface area contributed by atoms with E-state index in [9.17, 15) is 4.79 Å². The molecule has 4 nitrogen and oxygen atoms in total. The van der Waals surface area contributed by atoms with Gasteiger partial charge in [-0.1, -0.05) is 15.9 Å². The largest absolute Gasteiger partial charge is 0.496 e. The molecule has 0 amide bonds. The SMILES string of the molecule is COc1ccc(Br)cc1/C=C1\N=C(C23CC4CC(CC(C4)C2)C3)OC1=O. The van der Waals surface area contributed by atoms with Crippen molar-refractivity contribution in [2.24, 2.45) is 28.2 Å². The summed E-state index contributed by atoms with van der Waals surface area (Å²) in [6.45, 7) is 0. The number of carbonyl (C=O) groups is 1. The van der Waals surface area contributed by atoms with Crippen LogP contribution < -0.4 is 4.74 Å². The van der Waals surface area contributed by atoms with Gasteiger partial charge in [0.1, 0.15) is 5.75 Å². The zero-order valence-electron chi connectivity index (χ0n) is 14.8. The molecule has 5 heteroatoms. The van der Waals surface area contributed by atoms with E-state index in [2.05, 4.69) is 15.9 Å². The van der Waals surface area contributed by atoms with Gasteiger partial charge in [-0.25, -0.2) is 9.79 Å². The van der Waals surface area contributed by atoms with Crippen LogP contribution in [0.1, 0.15) is 44.1 Å². The molecule has 1 heterocycles. The number of carbonyl (C=O) groups excluding carboxylic acids is 1. The highest BCUT2D eigenvalue weighted by Crippen LogP contribution is 2.61. The Kier molecular flexibility index (Phi) is 3.78. The molecule has 0 saturated heterocycles. The van der Waals surface area contributed by atoms with Crippen LogP contribution in [0.4, 0.5) is 0 Å². The van der Waals surface area contributed by atoms with E-state index in [1.54, 1.807) is 13.2 Å². The van der Waals surface area contributed by atoms with Gasteiger partial charge in [0.2, 0.25) is 5.90 Å². The quantitative estimate of drug-likeness (QED) is 0.516. The van der Waals surface area contributed by atoms with Gasteiger partial charge in [0.05, 0.1) is 7.11 Å². The van der Waals surface area contributed by atoms with Gasteiger partial charge in [0, 0.05) is 15.5 Å². The van der Waals surface area contributed by atoms with Crippen LogP contribution in [0, 0.1) is 23.2 Å². The van der Waals surface area contributed by atoms with E-state index in [0.717, 1.165) is 47.1 Å². The fourth-order valence-corrected chi connectivity index (χ4v) is 6.35. The highest BCUT2D eigenvalue weighted by Gasteiger charge is 2.55. The number of esters is 1. The number of ether oxygens (including phenoxy) is 2. The number of benzene rings is 1. The van der Waals surface area contributed by atoms with Gasteiger partial charge in [0.25, 0.3) is 0 Å². The number of hydrogen-bond donors (Lipinski definition) is 0. The zero-order chi connectivity index (χ0) is 17.9. The highest BCUT2D eigenvalue weighted by atomic mass is 79.9. The van der Waals surface area contributed by atoms with Crippen LogP contribution in [0.15, 0.2) is 33.4 Å². The van der Waals surface area contributed by atoms with Gasteiger partial charge < -0.3 is 9.47 Å². The van der Waals surface area contributed by atoms with Crippen molar-refractivity contribution < 1.29 is 14.3 Å². The number of nitrogens with zero attached hydrogens (tertiary/aromatic N) is 1. The molecular formula is C21H22BrNO3. The molecule has 136 valence electrons. The molecule has 1 aromatic carbocycles. The first-order chi connectivity index (χ1) is 12.5. The van der Waals surface area contributed by atoms with Gasteiger partial charge >= 0.3 is 5.97 Å². The second kappa shape index (κ2) is 5.95. The molecule has 0 atom stereocenters. The average Bonchev–Trinajstić information content (AvgIpc) is 2.96. The van der Waals surface area contributed by atoms with Crippen LogP contribution in [-0.2, 0) is 9.53 Å². The molecule has 0 aromatic heterocycles. The molecule has 4 aliphatic carbocycles. The van der Waals surface area contributed by atoms with Gasteiger partial charge in [-0.05, 0) is 80.6 Å². The maximum absolute atomic E-state index is 12.5. The van der Waals surface area contributed by atoms with E-state index in [1.807, 2.05) is 18.2 Å². The minimum absolute atomic E-state index is 0.00135. The van der Waals surface area contributed by atoms with E-state index < -0.39 is 0 Å². The van der Waals surface area contributed by atoms with Crippen molar-refractivity contribution in [3.05, 3.63) is 33.9 Å². The second-order valence-corrected chi connectivity index (χ2v) is 9.34. The fourth-order valence-electron chi connectivity index (χ4n) is 5.97. The minimum Gasteiger partial charge on any atom is -0.496 e. The minimum atomic E-state index is -0.335. The topological polar surface area (TPSA) is 47.9 Å². The van der Waals surface area contributed by atoms with Gasteiger partial charge in [-0.15, -0.1) is 0 Å². The molecule has 1 aliphatic heterocycles. The van der Waals surface area contributed by atoms with Crippen molar-refractivity contribution >= 4 is 33.9 Å². The van der Waals surface area contributed by atoms with Crippen molar-refractivity contribution in [1.29, 1.82) is 0 Å². The molecule has 0 N–H and O–H groups in total. The van der Waals surface area contributed by atoms with Crippen molar-refractivity contribution in [3.8, 4) is 5.75 Å². The van der Waals surface area contributed by atoms with E-state index >= 15 is 0 Å². The highest BCUT2D eigenvalue weighted by molar-refractivity contribution is 9.10. The van der Waals surface area contributed by atoms with Gasteiger partial charge in [0.15, 0.2) is 5.70 Å². The summed E-state index contributed by atoms with van der Waals surface area (Å²) in [5.74, 6) is 3.44. The Morgan fingerprint density at radius 1 is 1.19 bits per heavy atom. The summed E-state index contributed by atoms with van der Waals surface area (Å²) >= 11 is 3.47. The standard InChI is InChI=1S/C21H22BrNO3/c1-25-18-3-2-16(22)7-15(18)8-17-19(24)26-20(23-17)21-9-12-4-13(10-21)6-14(5-12)11-21/h2-3,7-8,12-14H,4-6,9-11H2,1H3/b17-8-. The van der Waals surface area contributed by atoms with Gasteiger partial charge in [-0.3, -0.25) is 0 Å². The summed E-state index contributed by atoms with van der Waals surface area (Å²) < 4.78 is 12.1. The molecule has 4 bridgehead atoms.